The van der Waals surface area contributed by atoms with Crippen molar-refractivity contribution in [3.63, 3.8) is 0 Å². The molecule has 1 aromatic carbocycles. The van der Waals surface area contributed by atoms with E-state index >= 15 is 0 Å². The fraction of sp³-hybridized carbons (Fsp3) is 0.238. The molecule has 1 aliphatic rings. The van der Waals surface area contributed by atoms with E-state index in [0.29, 0.717) is 30.0 Å². The molecule has 0 saturated heterocycles. The van der Waals surface area contributed by atoms with Crippen molar-refractivity contribution in [2.75, 3.05) is 12.4 Å². The number of hydrogen-bond acceptors (Lipinski definition) is 5. The molecule has 4 aromatic rings. The molecule has 7 nitrogen and oxygen atoms in total. The Labute approximate surface area is 166 Å². The summed E-state index contributed by atoms with van der Waals surface area (Å²) in [6, 6.07) is 11.3. The molecule has 3 aromatic heterocycles. The Balaban J connectivity index is 1.45. The molecule has 0 bridgehead atoms. The number of nitrogens with zero attached hydrogens (tertiary/aromatic N) is 4. The first-order valence-electron chi connectivity index (χ1n) is 9.46. The second-order valence-electron chi connectivity index (χ2n) is 7.33. The third-order valence-corrected chi connectivity index (χ3v) is 5.49. The van der Waals surface area contributed by atoms with Gasteiger partial charge in [0, 0.05) is 36.6 Å². The lowest BCUT2D eigenvalue weighted by molar-refractivity contribution is 0.0467. The number of nitrogens with one attached hydrogen (secondary N) is 2. The third kappa shape index (κ3) is 3.06. The molecule has 0 atom stereocenters. The molecule has 1 saturated carbocycles. The highest BCUT2D eigenvalue weighted by molar-refractivity contribution is 6.06. The average molecular weight is 390 g/mol. The lowest BCUT2D eigenvalue weighted by atomic mass is 9.89. The van der Waals surface area contributed by atoms with Gasteiger partial charge in [-0.15, -0.1) is 0 Å². The molecule has 2 N–H and O–H groups in total. The molecule has 0 radical (unpaired) electrons. The molecule has 0 aliphatic heterocycles. The fourth-order valence-corrected chi connectivity index (χ4v) is 3.68. The van der Waals surface area contributed by atoms with Crippen LogP contribution >= 0.6 is 0 Å². The molecule has 0 spiro atoms. The smallest absolute Gasteiger partial charge is 0.273 e. The van der Waals surface area contributed by atoms with E-state index < -0.39 is 6.17 Å². The SMILES string of the molecule is CN(C(=O)c1nccc2cc(Nc3n[nH]c4ncccc34)ccc12)C1CC(F)C1. The van der Waals surface area contributed by atoms with Gasteiger partial charge in [0.1, 0.15) is 11.9 Å². The van der Waals surface area contributed by atoms with Gasteiger partial charge in [-0.3, -0.25) is 14.9 Å². The summed E-state index contributed by atoms with van der Waals surface area (Å²) in [7, 11) is 1.71. The van der Waals surface area contributed by atoms with Crippen molar-refractivity contribution in [3.8, 4) is 0 Å². The van der Waals surface area contributed by atoms with Crippen LogP contribution in [0, 0.1) is 0 Å². The molecule has 0 unspecified atom stereocenters. The molecule has 29 heavy (non-hydrogen) atoms. The standard InChI is InChI=1S/C21H19FN6O/c1-28(15-10-13(22)11-15)21(29)18-16-5-4-14(9-12(16)6-8-23-18)25-20-17-3-2-7-24-19(17)26-27-20/h2-9,13,15H,10-11H2,1H3,(H2,24,25,26,27). The maximum Gasteiger partial charge on any atom is 0.273 e. The van der Waals surface area contributed by atoms with E-state index in [1.54, 1.807) is 24.3 Å². The van der Waals surface area contributed by atoms with Crippen LogP contribution in [-0.2, 0) is 0 Å². The summed E-state index contributed by atoms with van der Waals surface area (Å²) in [5.41, 5.74) is 1.93. The number of H-pyrrole nitrogens is 1. The number of pyridine rings is 2. The second-order valence-corrected chi connectivity index (χ2v) is 7.33. The molecule has 5 rings (SSSR count). The van der Waals surface area contributed by atoms with Crippen molar-refractivity contribution < 1.29 is 9.18 Å². The van der Waals surface area contributed by atoms with Crippen LogP contribution in [0.4, 0.5) is 15.9 Å². The molecule has 1 aliphatic carbocycles. The number of amides is 1. The molecule has 1 amide bonds. The number of benzene rings is 1. The number of anilines is 2. The quantitative estimate of drug-likeness (QED) is 0.553. The van der Waals surface area contributed by atoms with Crippen molar-refractivity contribution in [2.24, 2.45) is 0 Å². The van der Waals surface area contributed by atoms with E-state index in [0.717, 1.165) is 21.8 Å². The normalized spacial score (nSPS) is 18.6. The number of hydrogen-bond donors (Lipinski definition) is 2. The zero-order valence-corrected chi connectivity index (χ0v) is 15.8. The summed E-state index contributed by atoms with van der Waals surface area (Å²) in [5.74, 6) is 0.501. The van der Waals surface area contributed by atoms with Crippen LogP contribution in [0.2, 0.25) is 0 Å². The summed E-state index contributed by atoms with van der Waals surface area (Å²) in [5, 5.41) is 13.0. The van der Waals surface area contributed by atoms with Crippen LogP contribution in [0.3, 0.4) is 0 Å². The van der Waals surface area contributed by atoms with Crippen molar-refractivity contribution >= 4 is 39.2 Å². The topological polar surface area (TPSA) is 86.8 Å². The summed E-state index contributed by atoms with van der Waals surface area (Å²) >= 11 is 0. The highest BCUT2D eigenvalue weighted by Crippen LogP contribution is 2.30. The van der Waals surface area contributed by atoms with Gasteiger partial charge in [0.05, 0.1) is 5.39 Å². The van der Waals surface area contributed by atoms with Crippen LogP contribution < -0.4 is 5.32 Å². The van der Waals surface area contributed by atoms with E-state index in [2.05, 4.69) is 25.5 Å². The number of rotatable bonds is 4. The summed E-state index contributed by atoms with van der Waals surface area (Å²) in [4.78, 5) is 23.0. The molecule has 3 heterocycles. The van der Waals surface area contributed by atoms with E-state index in [4.69, 9.17) is 0 Å². The average Bonchev–Trinajstić information content (AvgIpc) is 3.13. The van der Waals surface area contributed by atoms with Gasteiger partial charge in [-0.25, -0.2) is 9.37 Å². The van der Waals surface area contributed by atoms with Gasteiger partial charge in [0.25, 0.3) is 5.91 Å². The van der Waals surface area contributed by atoms with Crippen LogP contribution in [0.5, 0.6) is 0 Å². The minimum absolute atomic E-state index is 0.0583. The Hall–Kier alpha value is -3.55. The van der Waals surface area contributed by atoms with E-state index in [1.807, 2.05) is 36.4 Å². The second kappa shape index (κ2) is 6.80. The first-order valence-corrected chi connectivity index (χ1v) is 9.46. The van der Waals surface area contributed by atoms with Crippen molar-refractivity contribution in [2.45, 2.75) is 25.1 Å². The number of aromatic amines is 1. The number of aromatic nitrogens is 4. The molecular weight excluding hydrogens is 371 g/mol. The number of halogens is 1. The lowest BCUT2D eigenvalue weighted by Crippen LogP contribution is -2.46. The Morgan fingerprint density at radius 2 is 2.03 bits per heavy atom. The largest absolute Gasteiger partial charge is 0.338 e. The van der Waals surface area contributed by atoms with Gasteiger partial charge in [-0.05, 0) is 54.6 Å². The number of carbonyl (C=O) groups excluding carboxylic acids is 1. The monoisotopic (exact) mass is 390 g/mol. The molecular formula is C21H19FN6O. The highest BCUT2D eigenvalue weighted by Gasteiger charge is 2.35. The minimum atomic E-state index is -0.808. The summed E-state index contributed by atoms with van der Waals surface area (Å²) in [6.45, 7) is 0. The van der Waals surface area contributed by atoms with Crippen molar-refractivity contribution in [1.82, 2.24) is 25.1 Å². The summed E-state index contributed by atoms with van der Waals surface area (Å²) < 4.78 is 13.2. The minimum Gasteiger partial charge on any atom is -0.338 e. The zero-order chi connectivity index (χ0) is 20.0. The van der Waals surface area contributed by atoms with Gasteiger partial charge < -0.3 is 10.2 Å². The Morgan fingerprint density at radius 1 is 1.17 bits per heavy atom. The highest BCUT2D eigenvalue weighted by atomic mass is 19.1. The van der Waals surface area contributed by atoms with Crippen LogP contribution in [0.15, 0.2) is 48.8 Å². The number of alkyl halides is 1. The van der Waals surface area contributed by atoms with Crippen molar-refractivity contribution in [1.29, 1.82) is 0 Å². The Morgan fingerprint density at radius 3 is 2.86 bits per heavy atom. The predicted molar refractivity (Wildman–Crippen MR) is 109 cm³/mol. The predicted octanol–water partition coefficient (Wildman–Crippen LogP) is 3.82. The fourth-order valence-electron chi connectivity index (χ4n) is 3.68. The summed E-state index contributed by atoms with van der Waals surface area (Å²) in [6.07, 6.45) is 3.32. The maximum absolute atomic E-state index is 13.2. The van der Waals surface area contributed by atoms with Gasteiger partial charge in [-0.1, -0.05) is 0 Å². The first-order chi connectivity index (χ1) is 14.1. The molecule has 8 heteroatoms. The molecule has 146 valence electrons. The number of fused-ring (bicyclic) bond motifs is 2. The molecule has 1 fully saturated rings. The maximum atomic E-state index is 13.2. The van der Waals surface area contributed by atoms with Crippen LogP contribution in [-0.4, -0.2) is 50.2 Å². The van der Waals surface area contributed by atoms with Gasteiger partial charge in [0.15, 0.2) is 11.5 Å². The first kappa shape index (κ1) is 17.5. The van der Waals surface area contributed by atoms with E-state index in [9.17, 15) is 9.18 Å². The van der Waals surface area contributed by atoms with Gasteiger partial charge >= 0.3 is 0 Å². The van der Waals surface area contributed by atoms with E-state index in [1.165, 1.54) is 0 Å². The van der Waals surface area contributed by atoms with Crippen LogP contribution in [0.25, 0.3) is 21.8 Å². The zero-order valence-electron chi connectivity index (χ0n) is 15.8. The Bertz CT molecular complexity index is 1220. The Kier molecular flexibility index (Phi) is 4.12. The third-order valence-electron chi connectivity index (χ3n) is 5.49. The van der Waals surface area contributed by atoms with E-state index in [-0.39, 0.29) is 11.9 Å². The van der Waals surface area contributed by atoms with Crippen LogP contribution in [0.1, 0.15) is 23.3 Å². The lowest BCUT2D eigenvalue weighted by Gasteiger charge is -2.37. The number of carbonyl (C=O) groups is 1. The van der Waals surface area contributed by atoms with Gasteiger partial charge in [0.2, 0.25) is 0 Å². The van der Waals surface area contributed by atoms with Gasteiger partial charge in [-0.2, -0.15) is 5.10 Å². The van der Waals surface area contributed by atoms with Crippen molar-refractivity contribution in [3.05, 3.63) is 54.5 Å².